The number of nitrogens with one attached hydrogen (secondary N) is 1. The average Bonchev–Trinajstić information content (AvgIpc) is 2.85. The molecule has 6 atom stereocenters. The summed E-state index contributed by atoms with van der Waals surface area (Å²) in [6.07, 6.45) is -5.90. The van der Waals surface area contributed by atoms with Crippen molar-refractivity contribution < 1.29 is 184 Å². The monoisotopic (exact) mass is 613 g/mol. The molecule has 1 aliphatic rings. The molecule has 1 amide bonds. The van der Waals surface area contributed by atoms with Gasteiger partial charge >= 0.3 is 124 Å². The molecule has 1 fully saturated rings. The Morgan fingerprint density at radius 3 is 2.11 bits per heavy atom. The van der Waals surface area contributed by atoms with Crippen molar-refractivity contribution in [2.75, 3.05) is 11.9 Å². The largest absolute Gasteiger partial charge is 1.00 e. The molecular formula is C11H14N3Na4O15P3. The van der Waals surface area contributed by atoms with Crippen LogP contribution in [0.3, 0.4) is 0 Å². The maximum absolute atomic E-state index is 12.1. The van der Waals surface area contributed by atoms with Crippen LogP contribution in [0.4, 0.5) is 5.82 Å². The minimum Gasteiger partial charge on any atom is -0.790 e. The van der Waals surface area contributed by atoms with E-state index in [0.29, 0.717) is 4.57 Å². The molecule has 0 bridgehead atoms. The summed E-state index contributed by atoms with van der Waals surface area (Å²) < 4.78 is 49.3. The Morgan fingerprint density at radius 1 is 1.08 bits per heavy atom. The minimum absolute atomic E-state index is 0. The molecule has 0 radical (unpaired) electrons. The number of phosphoric ester groups is 1. The normalized spacial score (nSPS) is 24.4. The van der Waals surface area contributed by atoms with Gasteiger partial charge in [-0.05, 0) is 6.07 Å². The Kier molecular flexibility index (Phi) is 21.0. The average molecular weight is 613 g/mol. The second-order valence-electron chi connectivity index (χ2n) is 6.03. The predicted octanol–water partition coefficient (Wildman–Crippen LogP) is -16.3. The first kappa shape index (κ1) is 43.1. The number of aliphatic hydroxyl groups excluding tert-OH is 2. The summed E-state index contributed by atoms with van der Waals surface area (Å²) in [5.41, 5.74) is -1.03. The Hall–Kier alpha value is 2.64. The van der Waals surface area contributed by atoms with Crippen LogP contribution in [0.2, 0.25) is 0 Å². The van der Waals surface area contributed by atoms with Crippen molar-refractivity contribution in [2.45, 2.75) is 31.5 Å². The first-order valence-corrected chi connectivity index (χ1v) is 12.5. The topological polar surface area (TPSA) is 285 Å². The maximum Gasteiger partial charge on any atom is 1.00 e. The van der Waals surface area contributed by atoms with Crippen molar-refractivity contribution in [3.63, 3.8) is 0 Å². The Morgan fingerprint density at radius 2 is 1.64 bits per heavy atom. The van der Waals surface area contributed by atoms with E-state index in [1.807, 2.05) is 0 Å². The molecule has 3 N–H and O–H groups in total. The van der Waals surface area contributed by atoms with E-state index in [4.69, 9.17) is 4.74 Å². The third-order valence-corrected chi connectivity index (χ3v) is 7.21. The van der Waals surface area contributed by atoms with E-state index in [1.165, 1.54) is 0 Å². The summed E-state index contributed by atoms with van der Waals surface area (Å²) in [7, 11) is -18.2. The van der Waals surface area contributed by atoms with Crippen LogP contribution in [0.15, 0.2) is 17.1 Å². The molecule has 2 heterocycles. The minimum atomic E-state index is -6.18. The van der Waals surface area contributed by atoms with Gasteiger partial charge in [0.15, 0.2) is 6.23 Å². The molecule has 1 aromatic rings. The molecule has 1 aromatic heterocycles. The third kappa shape index (κ3) is 14.0. The molecule has 0 spiro atoms. The van der Waals surface area contributed by atoms with Crippen LogP contribution >= 0.6 is 23.5 Å². The summed E-state index contributed by atoms with van der Waals surface area (Å²) >= 11 is 0. The Labute approximate surface area is 291 Å². The van der Waals surface area contributed by atoms with Crippen molar-refractivity contribution >= 4 is 35.2 Å². The molecule has 182 valence electrons. The predicted molar refractivity (Wildman–Crippen MR) is 89.7 cm³/mol. The molecule has 0 aliphatic carbocycles. The molecular weight excluding hydrogens is 599 g/mol. The van der Waals surface area contributed by atoms with Gasteiger partial charge in [0.25, 0.3) is 15.6 Å². The van der Waals surface area contributed by atoms with Crippen LogP contribution in [-0.2, 0) is 36.4 Å². The number of ether oxygens (including phenoxy) is 1. The van der Waals surface area contributed by atoms with Gasteiger partial charge in [0.05, 0.1) is 14.4 Å². The van der Waals surface area contributed by atoms with Crippen LogP contribution in [0.5, 0.6) is 0 Å². The Balaban J connectivity index is -0.00000272. The smallest absolute Gasteiger partial charge is 0.790 e. The second-order valence-corrected chi connectivity index (χ2v) is 10.3. The molecule has 25 heteroatoms. The number of aliphatic hydroxyl groups is 2. The number of amides is 1. The molecule has 1 saturated heterocycles. The van der Waals surface area contributed by atoms with E-state index in [2.05, 4.69) is 23.4 Å². The molecule has 1 aliphatic heterocycles. The SMILES string of the molecule is CC(=O)Nc1ccn(C2OC(COP(=O)([O-])OP(=O)([O-])OP(=O)([O-])[O-])C(O)C2O)c(=O)n1.[Na+].[Na+].[Na+].[Na+]. The summed E-state index contributed by atoms with van der Waals surface area (Å²) in [4.78, 5) is 69.8. The van der Waals surface area contributed by atoms with Crippen molar-refractivity contribution in [3.8, 4) is 0 Å². The fraction of sp³-hybridized carbons (Fsp3) is 0.545. The number of hydrogen-bond donors (Lipinski definition) is 3. The van der Waals surface area contributed by atoms with E-state index in [-0.39, 0.29) is 124 Å². The number of phosphoric acid groups is 3. The van der Waals surface area contributed by atoms with Crippen LogP contribution in [0.25, 0.3) is 0 Å². The van der Waals surface area contributed by atoms with Gasteiger partial charge in [0.2, 0.25) is 5.91 Å². The van der Waals surface area contributed by atoms with Crippen LogP contribution < -0.4 is 149 Å². The summed E-state index contributed by atoms with van der Waals surface area (Å²) in [5.74, 6) is -0.647. The fourth-order valence-corrected chi connectivity index (χ4v) is 5.27. The van der Waals surface area contributed by atoms with Gasteiger partial charge in [-0.25, -0.2) is 9.11 Å². The maximum atomic E-state index is 12.1. The van der Waals surface area contributed by atoms with E-state index in [9.17, 15) is 53.1 Å². The summed E-state index contributed by atoms with van der Waals surface area (Å²) in [5, 5.41) is 22.3. The van der Waals surface area contributed by atoms with E-state index < -0.39 is 66.2 Å². The summed E-state index contributed by atoms with van der Waals surface area (Å²) in [6, 6.07) is 1.16. The van der Waals surface area contributed by atoms with Gasteiger partial charge in [-0.2, -0.15) is 4.98 Å². The molecule has 6 unspecified atom stereocenters. The number of hydrogen-bond acceptors (Lipinski definition) is 16. The Bertz CT molecular complexity index is 1070. The van der Waals surface area contributed by atoms with Gasteiger partial charge in [-0.1, -0.05) is 0 Å². The zero-order valence-electron chi connectivity index (χ0n) is 19.6. The van der Waals surface area contributed by atoms with Crippen LogP contribution in [0, 0.1) is 0 Å². The number of anilines is 1. The van der Waals surface area contributed by atoms with Gasteiger partial charge in [-0.15, -0.1) is 0 Å². The van der Waals surface area contributed by atoms with E-state index in [1.54, 1.807) is 0 Å². The van der Waals surface area contributed by atoms with Crippen molar-refractivity contribution in [1.29, 1.82) is 0 Å². The van der Waals surface area contributed by atoms with Gasteiger partial charge in [0.1, 0.15) is 24.1 Å². The van der Waals surface area contributed by atoms with Crippen LogP contribution in [0.1, 0.15) is 13.2 Å². The van der Waals surface area contributed by atoms with Crippen molar-refractivity contribution in [1.82, 2.24) is 9.55 Å². The number of carbonyl (C=O) groups excluding carboxylic acids is 1. The van der Waals surface area contributed by atoms with Crippen molar-refractivity contribution in [2.24, 2.45) is 0 Å². The molecule has 0 saturated carbocycles. The molecule has 0 aromatic carbocycles. The zero-order valence-corrected chi connectivity index (χ0v) is 30.3. The fourth-order valence-electron chi connectivity index (χ4n) is 2.40. The molecule has 36 heavy (non-hydrogen) atoms. The molecule has 2 rings (SSSR count). The third-order valence-electron chi connectivity index (χ3n) is 3.54. The van der Waals surface area contributed by atoms with Gasteiger partial charge in [-0.3, -0.25) is 22.8 Å². The second kappa shape index (κ2) is 17.6. The number of nitrogens with zero attached hydrogens (tertiary/aromatic N) is 2. The quantitative estimate of drug-likeness (QED) is 0.172. The van der Waals surface area contributed by atoms with E-state index in [0.717, 1.165) is 19.2 Å². The van der Waals surface area contributed by atoms with Crippen molar-refractivity contribution in [3.05, 3.63) is 22.7 Å². The first-order valence-electron chi connectivity index (χ1n) is 8.09. The number of rotatable bonds is 9. The van der Waals surface area contributed by atoms with E-state index >= 15 is 0 Å². The standard InChI is InChI=1S/C11H18N3O15P3.4Na/c1-5(15)12-7-2-3-14(11(18)13-7)10-9(17)8(16)6(27-10)4-26-31(22,23)29-32(24,25)28-30(19,20)21;;;;/h2-3,6,8-10,16-17H,4H2,1H3,(H,22,23)(H,24,25)(H2,19,20,21)(H,12,13,15,18);;;;/q;4*+1/p-4. The van der Waals surface area contributed by atoms with Crippen LogP contribution in [-0.4, -0.2) is 50.6 Å². The van der Waals surface area contributed by atoms with Gasteiger partial charge < -0.3 is 48.9 Å². The molecule has 18 nitrogen and oxygen atoms in total. The summed E-state index contributed by atoms with van der Waals surface area (Å²) in [6.45, 7) is -0.0115. The zero-order chi connectivity index (χ0) is 24.5. The first-order chi connectivity index (χ1) is 14.5. The number of carbonyl (C=O) groups is 1. The van der Waals surface area contributed by atoms with Gasteiger partial charge in [0, 0.05) is 13.1 Å². The number of aromatic nitrogens is 2.